The molecule has 0 rings (SSSR count). The molecule has 0 bridgehead atoms. The molecule has 0 aromatic carbocycles. The number of rotatable bonds is 4. The number of nitrogens with one attached hydrogen (secondary N) is 2. The maximum atomic E-state index is 11.1. The first-order chi connectivity index (χ1) is 8.01. The third-order valence-corrected chi connectivity index (χ3v) is 1.28. The molecule has 0 fully saturated rings. The van der Waals surface area contributed by atoms with Crippen LogP contribution in [0.25, 0.3) is 0 Å². The topological polar surface area (TPSA) is 103 Å². The van der Waals surface area contributed by atoms with Gasteiger partial charge >= 0.3 is 18.2 Å². The summed E-state index contributed by atoms with van der Waals surface area (Å²) in [5.41, 5.74) is 1.33. The van der Waals surface area contributed by atoms with Gasteiger partial charge in [-0.15, -0.1) is 5.48 Å². The summed E-state index contributed by atoms with van der Waals surface area (Å²) < 4.78 is 8.92. The van der Waals surface area contributed by atoms with Gasteiger partial charge in [0.2, 0.25) is 0 Å². The molecule has 96 valence electrons. The van der Waals surface area contributed by atoms with Gasteiger partial charge in [-0.2, -0.15) is 0 Å². The number of hydroxylamine groups is 1. The summed E-state index contributed by atoms with van der Waals surface area (Å²) in [6.07, 6.45) is -1.77. The predicted molar refractivity (Wildman–Crippen MR) is 55.5 cm³/mol. The molecule has 0 aromatic rings. The van der Waals surface area contributed by atoms with Crippen molar-refractivity contribution in [3.05, 3.63) is 12.3 Å². The summed E-state index contributed by atoms with van der Waals surface area (Å²) in [6.45, 7) is 6.69. The van der Waals surface area contributed by atoms with E-state index in [1.807, 2.05) is 5.32 Å². The van der Waals surface area contributed by atoms with E-state index in [4.69, 9.17) is 0 Å². The lowest BCUT2D eigenvalue weighted by Crippen LogP contribution is -2.33. The highest BCUT2D eigenvalue weighted by Gasteiger charge is 2.14. The second kappa shape index (κ2) is 7.97. The Kier molecular flexibility index (Phi) is 6.91. The molecule has 0 spiro atoms. The van der Waals surface area contributed by atoms with Gasteiger partial charge in [0.1, 0.15) is 5.70 Å². The van der Waals surface area contributed by atoms with Gasteiger partial charge < -0.3 is 14.3 Å². The molecule has 0 saturated carbocycles. The Bertz CT molecular complexity index is 315. The zero-order valence-corrected chi connectivity index (χ0v) is 9.57. The predicted octanol–water partition coefficient (Wildman–Crippen LogP) is 0.450. The SMILES string of the molecule is C=C(NC(=O)OCC)C(=O)ONC(=O)OCC. The number of hydrogen-bond donors (Lipinski definition) is 2. The smallest absolute Gasteiger partial charge is 0.440 e. The summed E-state index contributed by atoms with van der Waals surface area (Å²) in [5.74, 6) is -1.04. The summed E-state index contributed by atoms with van der Waals surface area (Å²) in [4.78, 5) is 37.0. The van der Waals surface area contributed by atoms with Gasteiger partial charge in [0.15, 0.2) is 0 Å². The average Bonchev–Trinajstić information content (AvgIpc) is 2.26. The minimum atomic E-state index is -1.04. The fraction of sp³-hybridized carbons (Fsp3) is 0.444. The van der Waals surface area contributed by atoms with Gasteiger partial charge in [0.05, 0.1) is 13.2 Å². The highest BCUT2D eigenvalue weighted by molar-refractivity contribution is 5.91. The van der Waals surface area contributed by atoms with Crippen LogP contribution in [-0.2, 0) is 19.1 Å². The van der Waals surface area contributed by atoms with E-state index in [9.17, 15) is 14.4 Å². The molecule has 0 aliphatic carbocycles. The highest BCUT2D eigenvalue weighted by atomic mass is 16.7. The lowest BCUT2D eigenvalue weighted by molar-refractivity contribution is -0.145. The van der Waals surface area contributed by atoms with Crippen LogP contribution < -0.4 is 10.8 Å². The standard InChI is InChI=1S/C9H14N2O6/c1-4-15-8(13)10-6(3)7(12)17-11-9(14)16-5-2/h3-5H2,1-2H3,(H,10,13)(H,11,14). The molecule has 0 heterocycles. The number of ether oxygens (including phenoxy) is 2. The zero-order chi connectivity index (χ0) is 13.3. The average molecular weight is 246 g/mol. The highest BCUT2D eigenvalue weighted by Crippen LogP contribution is 1.90. The minimum absolute atomic E-state index is 0.130. The third kappa shape index (κ3) is 6.77. The Labute approximate surface area is 97.8 Å². The molecular weight excluding hydrogens is 232 g/mol. The van der Waals surface area contributed by atoms with Crippen LogP contribution in [0.4, 0.5) is 9.59 Å². The fourth-order valence-electron chi connectivity index (χ4n) is 0.652. The molecule has 0 unspecified atom stereocenters. The van der Waals surface area contributed by atoms with Crippen molar-refractivity contribution in [3.63, 3.8) is 0 Å². The molecule has 0 saturated heterocycles. The normalized spacial score (nSPS) is 8.82. The molecule has 0 radical (unpaired) electrons. The molecule has 2 amide bonds. The van der Waals surface area contributed by atoms with Crippen LogP contribution in [0, 0.1) is 0 Å². The first-order valence-corrected chi connectivity index (χ1v) is 4.77. The van der Waals surface area contributed by atoms with Gasteiger partial charge in [0.25, 0.3) is 0 Å². The molecule has 17 heavy (non-hydrogen) atoms. The van der Waals surface area contributed by atoms with Crippen LogP contribution in [0.1, 0.15) is 13.8 Å². The van der Waals surface area contributed by atoms with Gasteiger partial charge in [-0.3, -0.25) is 5.32 Å². The molecule has 8 nitrogen and oxygen atoms in total. The van der Waals surface area contributed by atoms with E-state index >= 15 is 0 Å². The van der Waals surface area contributed by atoms with Crippen LogP contribution in [-0.4, -0.2) is 31.4 Å². The molecule has 8 heteroatoms. The van der Waals surface area contributed by atoms with Crippen molar-refractivity contribution in [2.75, 3.05) is 13.2 Å². The van der Waals surface area contributed by atoms with E-state index in [0.717, 1.165) is 0 Å². The van der Waals surface area contributed by atoms with Crippen molar-refractivity contribution in [2.24, 2.45) is 0 Å². The van der Waals surface area contributed by atoms with Crippen molar-refractivity contribution in [2.45, 2.75) is 13.8 Å². The maximum Gasteiger partial charge on any atom is 0.440 e. The zero-order valence-electron chi connectivity index (χ0n) is 9.57. The number of alkyl carbamates (subject to hydrolysis) is 1. The van der Waals surface area contributed by atoms with Gasteiger partial charge in [-0.05, 0) is 13.8 Å². The van der Waals surface area contributed by atoms with Crippen LogP contribution >= 0.6 is 0 Å². The van der Waals surface area contributed by atoms with E-state index in [1.54, 1.807) is 19.3 Å². The molecule has 2 N–H and O–H groups in total. The van der Waals surface area contributed by atoms with Crippen LogP contribution in [0.3, 0.4) is 0 Å². The monoisotopic (exact) mass is 246 g/mol. The van der Waals surface area contributed by atoms with E-state index in [0.29, 0.717) is 0 Å². The number of carbonyl (C=O) groups excluding carboxylic acids is 3. The van der Waals surface area contributed by atoms with Crippen LogP contribution in [0.5, 0.6) is 0 Å². The van der Waals surface area contributed by atoms with E-state index < -0.39 is 18.2 Å². The second-order valence-corrected chi connectivity index (χ2v) is 2.54. The van der Waals surface area contributed by atoms with Crippen molar-refractivity contribution in [3.8, 4) is 0 Å². The number of amides is 2. The minimum Gasteiger partial charge on any atom is -0.450 e. The molecule has 0 aliphatic rings. The lowest BCUT2D eigenvalue weighted by atomic mass is 10.5. The number of hydrogen-bond acceptors (Lipinski definition) is 6. The summed E-state index contributed by atoms with van der Waals surface area (Å²) in [5, 5.41) is 2.01. The van der Waals surface area contributed by atoms with Crippen molar-refractivity contribution in [1.29, 1.82) is 0 Å². The molecule has 0 aliphatic heterocycles. The molecule has 0 atom stereocenters. The Morgan fingerprint density at radius 1 is 1.06 bits per heavy atom. The Balaban J connectivity index is 3.94. The lowest BCUT2D eigenvalue weighted by Gasteiger charge is -2.08. The molecular formula is C9H14N2O6. The number of carbonyl (C=O) groups is 3. The first kappa shape index (κ1) is 14.8. The maximum absolute atomic E-state index is 11.1. The van der Waals surface area contributed by atoms with Crippen molar-refractivity contribution >= 4 is 18.2 Å². The third-order valence-electron chi connectivity index (χ3n) is 1.28. The fourth-order valence-corrected chi connectivity index (χ4v) is 0.652. The Morgan fingerprint density at radius 2 is 1.59 bits per heavy atom. The molecule has 0 aromatic heterocycles. The summed E-state index contributed by atoms with van der Waals surface area (Å²) in [7, 11) is 0. The van der Waals surface area contributed by atoms with Gasteiger partial charge in [-0.25, -0.2) is 14.4 Å². The Hall–Kier alpha value is -2.25. The van der Waals surface area contributed by atoms with Gasteiger partial charge in [-0.1, -0.05) is 6.58 Å². The summed E-state index contributed by atoms with van der Waals surface area (Å²) >= 11 is 0. The quantitative estimate of drug-likeness (QED) is 0.424. The van der Waals surface area contributed by atoms with Gasteiger partial charge in [0, 0.05) is 0 Å². The van der Waals surface area contributed by atoms with Crippen LogP contribution in [0.2, 0.25) is 0 Å². The van der Waals surface area contributed by atoms with Crippen molar-refractivity contribution in [1.82, 2.24) is 10.8 Å². The van der Waals surface area contributed by atoms with E-state index in [1.165, 1.54) is 0 Å². The van der Waals surface area contributed by atoms with Crippen LogP contribution in [0.15, 0.2) is 12.3 Å². The first-order valence-electron chi connectivity index (χ1n) is 4.77. The Morgan fingerprint density at radius 3 is 2.12 bits per heavy atom. The van der Waals surface area contributed by atoms with E-state index in [-0.39, 0.29) is 18.9 Å². The summed E-state index contributed by atoms with van der Waals surface area (Å²) in [6, 6.07) is 0. The largest absolute Gasteiger partial charge is 0.450 e. The van der Waals surface area contributed by atoms with Crippen molar-refractivity contribution < 1.29 is 28.7 Å². The van der Waals surface area contributed by atoms with E-state index in [2.05, 4.69) is 20.9 Å². The second-order valence-electron chi connectivity index (χ2n) is 2.54.